The summed E-state index contributed by atoms with van der Waals surface area (Å²) < 4.78 is 29.1. The van der Waals surface area contributed by atoms with Crippen molar-refractivity contribution in [2.24, 2.45) is 0 Å². The van der Waals surface area contributed by atoms with Crippen molar-refractivity contribution < 1.29 is 33.7 Å². The molecule has 2 N–H and O–H groups in total. The second kappa shape index (κ2) is 11.6. The van der Waals surface area contributed by atoms with Crippen molar-refractivity contribution in [3.63, 3.8) is 0 Å². The molecule has 8 heteroatoms. The number of ether oxygens (including phenoxy) is 4. The Balaban J connectivity index is 2.08. The Morgan fingerprint density at radius 1 is 0.556 bits per heavy atom. The van der Waals surface area contributed by atoms with E-state index < -0.39 is 12.2 Å². The van der Waals surface area contributed by atoms with Crippen molar-refractivity contribution in [1.29, 1.82) is 0 Å². The summed E-state index contributed by atoms with van der Waals surface area (Å²) in [4.78, 5) is 0. The Kier molecular flexibility index (Phi) is 8.98. The molecule has 0 aliphatic rings. The molecule has 3 aromatic carbocycles. The van der Waals surface area contributed by atoms with Gasteiger partial charge < -0.3 is 0 Å². The Morgan fingerprint density at radius 2 is 0.861 bits per heavy atom. The summed E-state index contributed by atoms with van der Waals surface area (Å²) >= 11 is 0. The number of rotatable bonds is 13. The van der Waals surface area contributed by atoms with Crippen LogP contribution in [0.15, 0.2) is 72.8 Å². The van der Waals surface area contributed by atoms with E-state index in [1.165, 1.54) is 0 Å². The second-order valence-electron chi connectivity index (χ2n) is 9.36. The molecule has 0 aromatic heterocycles. The van der Waals surface area contributed by atoms with Crippen LogP contribution in [0.5, 0.6) is 17.2 Å². The molecule has 0 amide bonds. The van der Waals surface area contributed by atoms with Gasteiger partial charge in [0.1, 0.15) is 0 Å². The molecule has 0 bridgehead atoms. The van der Waals surface area contributed by atoms with Gasteiger partial charge in [-0.25, -0.2) is 0 Å². The number of phenols is 2. The van der Waals surface area contributed by atoms with Gasteiger partial charge in [-0.05, 0) is 0 Å². The third kappa shape index (κ3) is 5.66. The van der Waals surface area contributed by atoms with Crippen molar-refractivity contribution in [2.75, 3.05) is 53.8 Å². The van der Waals surface area contributed by atoms with Gasteiger partial charge in [-0.2, -0.15) is 0 Å². The molecular formula is C28H37O7P. The molecule has 0 unspecified atom stereocenters. The predicted octanol–water partition coefficient (Wildman–Crippen LogP) is 5.71. The van der Waals surface area contributed by atoms with Crippen LogP contribution in [0.4, 0.5) is 0 Å². The maximum atomic E-state index is 9.86. The van der Waals surface area contributed by atoms with Crippen molar-refractivity contribution in [1.82, 2.24) is 0 Å². The summed E-state index contributed by atoms with van der Waals surface area (Å²) in [5.41, 5.74) is 2.46. The first-order chi connectivity index (χ1) is 17.2. The Labute approximate surface area is 213 Å². The molecule has 3 rings (SSSR count). The van der Waals surface area contributed by atoms with E-state index in [-0.39, 0.29) is 11.5 Å². The van der Waals surface area contributed by atoms with E-state index in [1.807, 2.05) is 48.5 Å². The van der Waals surface area contributed by atoms with E-state index in [0.717, 1.165) is 16.7 Å². The monoisotopic (exact) mass is 516 g/mol. The standard InChI is InChI=1S/C28H37O7P/c1-28(22-6-12-25(29)13-7-22,23-8-14-26(30)15-9-23)24-10-16-27(17-11-24)35-36(18-31-2,19-32-3,20-33-4)21-34-5/h6-17,29-30H,18-21H2,1-5H3. The molecule has 0 heterocycles. The summed E-state index contributed by atoms with van der Waals surface area (Å²) in [7, 11) is 6.54. The first kappa shape index (κ1) is 27.9. The SMILES string of the molecule is COCP(COC)(COC)(COC)Oc1ccc(C(C)(c2ccc(O)cc2)c2ccc(O)cc2)cc1. The van der Waals surface area contributed by atoms with Gasteiger partial charge in [-0.3, -0.25) is 0 Å². The zero-order chi connectivity index (χ0) is 26.3. The average molecular weight is 517 g/mol. The van der Waals surface area contributed by atoms with Crippen LogP contribution in [0, 0.1) is 0 Å². The van der Waals surface area contributed by atoms with Crippen LogP contribution < -0.4 is 4.52 Å². The van der Waals surface area contributed by atoms with Crippen LogP contribution >= 0.6 is 6.83 Å². The van der Waals surface area contributed by atoms with Gasteiger partial charge in [0.25, 0.3) is 0 Å². The van der Waals surface area contributed by atoms with Crippen molar-refractivity contribution in [3.8, 4) is 17.2 Å². The number of methoxy groups -OCH3 is 4. The van der Waals surface area contributed by atoms with E-state index in [9.17, 15) is 10.2 Å². The Bertz CT molecular complexity index is 1020. The molecule has 0 spiro atoms. The molecule has 0 fully saturated rings. The summed E-state index contributed by atoms with van der Waals surface area (Å²) in [6.45, 7) is -1.11. The average Bonchev–Trinajstić information content (AvgIpc) is 2.85. The van der Waals surface area contributed by atoms with Crippen molar-refractivity contribution in [3.05, 3.63) is 89.5 Å². The third-order valence-corrected chi connectivity index (χ3v) is 10.9. The molecule has 0 aliphatic carbocycles. The number of phenolic OH excluding ortho intramolecular Hbond substituents is 2. The summed E-state index contributed by atoms with van der Waals surface area (Å²) in [5.74, 6) is 1.07. The molecule has 0 atom stereocenters. The fraction of sp³-hybridized carbons (Fsp3) is 0.357. The van der Waals surface area contributed by atoms with Crippen LogP contribution in [-0.4, -0.2) is 64.0 Å². The van der Waals surface area contributed by atoms with E-state index in [1.54, 1.807) is 52.7 Å². The van der Waals surface area contributed by atoms with Gasteiger partial charge in [0.05, 0.1) is 0 Å². The van der Waals surface area contributed by atoms with Gasteiger partial charge in [-0.15, -0.1) is 0 Å². The van der Waals surface area contributed by atoms with Crippen LogP contribution in [-0.2, 0) is 24.4 Å². The minimum absolute atomic E-state index is 0.203. The Hall–Kier alpha value is -2.67. The van der Waals surface area contributed by atoms with Gasteiger partial charge >= 0.3 is 213 Å². The van der Waals surface area contributed by atoms with Crippen LogP contribution in [0.2, 0.25) is 0 Å². The normalized spacial score (nSPS) is 13.2. The van der Waals surface area contributed by atoms with Crippen LogP contribution in [0.25, 0.3) is 0 Å². The van der Waals surface area contributed by atoms with E-state index in [2.05, 4.69) is 6.92 Å². The fourth-order valence-corrected chi connectivity index (χ4v) is 8.86. The van der Waals surface area contributed by atoms with Gasteiger partial charge in [-0.1, -0.05) is 0 Å². The molecule has 0 aliphatic heterocycles. The van der Waals surface area contributed by atoms with E-state index in [0.29, 0.717) is 31.1 Å². The first-order valence-corrected chi connectivity index (χ1v) is 14.5. The molecule has 3 aromatic rings. The van der Waals surface area contributed by atoms with Crippen LogP contribution in [0.3, 0.4) is 0 Å². The van der Waals surface area contributed by atoms with E-state index >= 15 is 0 Å². The predicted molar refractivity (Wildman–Crippen MR) is 143 cm³/mol. The summed E-state index contributed by atoms with van der Waals surface area (Å²) in [6, 6.07) is 22.3. The zero-order valence-electron chi connectivity index (χ0n) is 21.6. The van der Waals surface area contributed by atoms with E-state index in [4.69, 9.17) is 23.5 Å². The minimum atomic E-state index is -3.23. The van der Waals surface area contributed by atoms with Gasteiger partial charge in [0, 0.05) is 0 Å². The first-order valence-electron chi connectivity index (χ1n) is 11.6. The number of hydrogen-bond donors (Lipinski definition) is 2. The molecular weight excluding hydrogens is 479 g/mol. The molecule has 36 heavy (non-hydrogen) atoms. The Morgan fingerprint density at radius 3 is 1.17 bits per heavy atom. The fourth-order valence-electron chi connectivity index (χ4n) is 4.87. The molecule has 196 valence electrons. The maximum absolute atomic E-state index is 9.86. The molecule has 0 saturated heterocycles. The third-order valence-electron chi connectivity index (χ3n) is 6.51. The second-order valence-corrected chi connectivity index (χ2v) is 14.3. The molecule has 7 nitrogen and oxygen atoms in total. The van der Waals surface area contributed by atoms with Crippen LogP contribution in [0.1, 0.15) is 23.6 Å². The molecule has 0 saturated carbocycles. The number of hydrogen-bond acceptors (Lipinski definition) is 7. The van der Waals surface area contributed by atoms with Crippen molar-refractivity contribution in [2.45, 2.75) is 12.3 Å². The van der Waals surface area contributed by atoms with Gasteiger partial charge in [0.15, 0.2) is 0 Å². The summed E-state index contributed by atoms with van der Waals surface area (Å²) in [5, 5.41) is 19.7. The number of aromatic hydroxyl groups is 2. The topological polar surface area (TPSA) is 86.6 Å². The molecule has 0 radical (unpaired) electrons. The quantitative estimate of drug-likeness (QED) is 0.222. The zero-order valence-corrected chi connectivity index (χ0v) is 22.5. The number of benzene rings is 3. The van der Waals surface area contributed by atoms with Crippen molar-refractivity contribution >= 4 is 6.83 Å². The summed E-state index contributed by atoms with van der Waals surface area (Å²) in [6.07, 6.45) is 1.28. The van der Waals surface area contributed by atoms with Gasteiger partial charge in [0.2, 0.25) is 0 Å².